The van der Waals surface area contributed by atoms with E-state index in [9.17, 15) is 9.59 Å². The van der Waals surface area contributed by atoms with Gasteiger partial charge in [-0.3, -0.25) is 4.79 Å². The van der Waals surface area contributed by atoms with Crippen molar-refractivity contribution < 1.29 is 14.3 Å². The second-order valence-electron chi connectivity index (χ2n) is 5.17. The van der Waals surface area contributed by atoms with Crippen LogP contribution >= 0.6 is 0 Å². The molecule has 6 nitrogen and oxygen atoms in total. The third-order valence-electron chi connectivity index (χ3n) is 3.82. The Balaban J connectivity index is 1.95. The van der Waals surface area contributed by atoms with Crippen LogP contribution in [0.5, 0.6) is 5.75 Å². The van der Waals surface area contributed by atoms with Crippen molar-refractivity contribution in [2.45, 2.75) is 6.04 Å². The lowest BCUT2D eigenvalue weighted by Crippen LogP contribution is -2.44. The largest absolute Gasteiger partial charge is 0.497 e. The van der Waals surface area contributed by atoms with Gasteiger partial charge < -0.3 is 20.3 Å². The van der Waals surface area contributed by atoms with Gasteiger partial charge in [-0.1, -0.05) is 18.2 Å². The maximum atomic E-state index is 12.5. The Morgan fingerprint density at radius 2 is 2.09 bits per heavy atom. The van der Waals surface area contributed by atoms with Crippen molar-refractivity contribution in [2.24, 2.45) is 0 Å². The van der Waals surface area contributed by atoms with Gasteiger partial charge in [0.05, 0.1) is 31.0 Å². The van der Waals surface area contributed by atoms with Gasteiger partial charge in [0.2, 0.25) is 0 Å². The number of ether oxygens (including phenoxy) is 1. The molecular formula is C16H17N3O3. The maximum Gasteiger partial charge on any atom is 0.319 e. The monoisotopic (exact) mass is 299 g/mol. The molecule has 1 aromatic rings. The van der Waals surface area contributed by atoms with Crippen LogP contribution in [0.1, 0.15) is 11.6 Å². The lowest BCUT2D eigenvalue weighted by Gasteiger charge is -2.25. The van der Waals surface area contributed by atoms with Gasteiger partial charge in [0.25, 0.3) is 5.91 Å². The summed E-state index contributed by atoms with van der Waals surface area (Å²) in [4.78, 5) is 26.1. The molecule has 0 saturated heterocycles. The molecule has 2 aliphatic heterocycles. The molecule has 0 saturated carbocycles. The second kappa shape index (κ2) is 5.55. The van der Waals surface area contributed by atoms with Crippen molar-refractivity contribution in [3.63, 3.8) is 0 Å². The van der Waals surface area contributed by atoms with E-state index in [0.717, 1.165) is 11.3 Å². The van der Waals surface area contributed by atoms with Crippen LogP contribution in [0, 0.1) is 0 Å². The smallest absolute Gasteiger partial charge is 0.319 e. The first-order chi connectivity index (χ1) is 10.6. The Morgan fingerprint density at radius 3 is 2.73 bits per heavy atom. The predicted octanol–water partition coefficient (Wildman–Crippen LogP) is 1.33. The molecule has 1 aromatic carbocycles. The quantitative estimate of drug-likeness (QED) is 0.824. The van der Waals surface area contributed by atoms with Gasteiger partial charge in [-0.05, 0) is 17.7 Å². The molecule has 2 aliphatic rings. The number of methoxy groups -OCH3 is 1. The molecule has 0 aromatic heterocycles. The number of nitrogens with one attached hydrogen (secondary N) is 2. The van der Waals surface area contributed by atoms with Crippen LogP contribution in [-0.4, -0.2) is 37.0 Å². The average Bonchev–Trinajstić information content (AvgIpc) is 2.83. The Kier molecular flexibility index (Phi) is 3.58. The fraction of sp³-hybridized carbons (Fsp3) is 0.250. The van der Waals surface area contributed by atoms with Crippen LogP contribution in [-0.2, 0) is 4.79 Å². The summed E-state index contributed by atoms with van der Waals surface area (Å²) < 4.78 is 5.14. The van der Waals surface area contributed by atoms with Gasteiger partial charge in [0.1, 0.15) is 5.75 Å². The van der Waals surface area contributed by atoms with Gasteiger partial charge in [0.15, 0.2) is 0 Å². The van der Waals surface area contributed by atoms with Crippen LogP contribution in [0.3, 0.4) is 0 Å². The molecule has 0 bridgehead atoms. The summed E-state index contributed by atoms with van der Waals surface area (Å²) in [6.07, 6.45) is 1.67. The molecule has 0 aliphatic carbocycles. The van der Waals surface area contributed by atoms with Crippen molar-refractivity contribution in [1.29, 1.82) is 0 Å². The van der Waals surface area contributed by atoms with Gasteiger partial charge >= 0.3 is 6.03 Å². The highest BCUT2D eigenvalue weighted by atomic mass is 16.5. The summed E-state index contributed by atoms with van der Waals surface area (Å²) >= 11 is 0. The van der Waals surface area contributed by atoms with E-state index in [1.165, 1.54) is 0 Å². The summed E-state index contributed by atoms with van der Waals surface area (Å²) in [5.41, 5.74) is 2.10. The van der Waals surface area contributed by atoms with Crippen LogP contribution in [0.15, 0.2) is 48.2 Å². The van der Waals surface area contributed by atoms with E-state index in [4.69, 9.17) is 4.74 Å². The highest BCUT2D eigenvalue weighted by molar-refractivity contribution is 6.01. The Hall–Kier alpha value is -2.76. The van der Waals surface area contributed by atoms with Crippen LogP contribution in [0.25, 0.3) is 0 Å². The second-order valence-corrected chi connectivity index (χ2v) is 5.17. The fourth-order valence-electron chi connectivity index (χ4n) is 2.78. The van der Waals surface area contributed by atoms with Gasteiger partial charge in [0, 0.05) is 6.54 Å². The number of hydrogen-bond donors (Lipinski definition) is 2. The lowest BCUT2D eigenvalue weighted by atomic mass is 9.96. The molecule has 0 radical (unpaired) electrons. The van der Waals surface area contributed by atoms with E-state index in [1.807, 2.05) is 24.3 Å². The van der Waals surface area contributed by atoms with Gasteiger partial charge in [-0.25, -0.2) is 4.79 Å². The molecule has 0 unspecified atom stereocenters. The summed E-state index contributed by atoms with van der Waals surface area (Å²) in [6, 6.07) is 6.58. The van der Waals surface area contributed by atoms with Gasteiger partial charge in [-0.2, -0.15) is 0 Å². The Labute approximate surface area is 128 Å². The molecule has 0 spiro atoms. The number of urea groups is 1. The van der Waals surface area contributed by atoms with Crippen molar-refractivity contribution in [3.05, 3.63) is 53.8 Å². The molecule has 2 N–H and O–H groups in total. The molecule has 114 valence electrons. The van der Waals surface area contributed by atoms with E-state index in [0.29, 0.717) is 24.4 Å². The number of carbonyl (C=O) groups is 2. The zero-order valence-electron chi connectivity index (χ0n) is 12.3. The molecule has 0 fully saturated rings. The number of nitrogens with zero attached hydrogens (tertiary/aromatic N) is 1. The van der Waals surface area contributed by atoms with E-state index in [1.54, 1.807) is 18.1 Å². The van der Waals surface area contributed by atoms with E-state index in [-0.39, 0.29) is 11.9 Å². The minimum Gasteiger partial charge on any atom is -0.497 e. The standard InChI is InChI=1S/C16H17N3O3/c1-3-8-19-9-12-13(15(19)20)14(18-16(21)17-12)10-4-6-11(22-2)7-5-10/h3-7,14H,1,8-9H2,2H3,(H2,17,18,21)/t14-/m0/s1. The summed E-state index contributed by atoms with van der Waals surface area (Å²) in [6.45, 7) is 4.52. The first-order valence-electron chi connectivity index (χ1n) is 6.98. The first-order valence-corrected chi connectivity index (χ1v) is 6.98. The number of hydrogen-bond acceptors (Lipinski definition) is 3. The fourth-order valence-corrected chi connectivity index (χ4v) is 2.78. The highest BCUT2D eigenvalue weighted by Crippen LogP contribution is 2.32. The van der Waals surface area contributed by atoms with E-state index < -0.39 is 6.04 Å². The molecule has 22 heavy (non-hydrogen) atoms. The predicted molar refractivity (Wildman–Crippen MR) is 81.2 cm³/mol. The van der Waals surface area contributed by atoms with Crippen molar-refractivity contribution >= 4 is 11.9 Å². The van der Waals surface area contributed by atoms with Crippen LogP contribution in [0.4, 0.5) is 4.79 Å². The minimum absolute atomic E-state index is 0.0804. The Morgan fingerprint density at radius 1 is 1.36 bits per heavy atom. The minimum atomic E-state index is -0.447. The van der Waals surface area contributed by atoms with Crippen molar-refractivity contribution in [1.82, 2.24) is 15.5 Å². The molecule has 1 atom stereocenters. The molecule has 2 heterocycles. The third-order valence-corrected chi connectivity index (χ3v) is 3.82. The molecule has 3 amide bonds. The SMILES string of the molecule is C=CCN1CC2=C(C1=O)[C@H](c1ccc(OC)cc1)NC(=O)N2. The van der Waals surface area contributed by atoms with Gasteiger partial charge in [-0.15, -0.1) is 6.58 Å². The van der Waals surface area contributed by atoms with E-state index >= 15 is 0 Å². The first kappa shape index (κ1) is 14.2. The van der Waals surface area contributed by atoms with Crippen molar-refractivity contribution in [3.8, 4) is 5.75 Å². The maximum absolute atomic E-state index is 12.5. The van der Waals surface area contributed by atoms with E-state index in [2.05, 4.69) is 17.2 Å². The van der Waals surface area contributed by atoms with Crippen molar-refractivity contribution in [2.75, 3.05) is 20.2 Å². The summed E-state index contributed by atoms with van der Waals surface area (Å²) in [5.74, 6) is 0.646. The highest BCUT2D eigenvalue weighted by Gasteiger charge is 2.39. The Bertz CT molecular complexity index is 664. The summed E-state index contributed by atoms with van der Waals surface area (Å²) in [5, 5.41) is 5.54. The topological polar surface area (TPSA) is 70.7 Å². The van der Waals surface area contributed by atoms with Crippen LogP contribution < -0.4 is 15.4 Å². The average molecular weight is 299 g/mol. The number of carbonyl (C=O) groups excluding carboxylic acids is 2. The number of amides is 3. The zero-order chi connectivity index (χ0) is 15.7. The lowest BCUT2D eigenvalue weighted by molar-refractivity contribution is -0.125. The third kappa shape index (κ3) is 2.32. The number of rotatable bonds is 4. The zero-order valence-corrected chi connectivity index (χ0v) is 12.3. The normalized spacial score (nSPS) is 20.4. The van der Waals surface area contributed by atoms with Crippen LogP contribution in [0.2, 0.25) is 0 Å². The molecule has 6 heteroatoms. The molecular weight excluding hydrogens is 282 g/mol. The summed E-state index contributed by atoms with van der Waals surface area (Å²) in [7, 11) is 1.59. The molecule has 3 rings (SSSR count). The number of benzene rings is 1.